The van der Waals surface area contributed by atoms with Gasteiger partial charge in [0.2, 0.25) is 5.91 Å². The summed E-state index contributed by atoms with van der Waals surface area (Å²) in [5.41, 5.74) is 0.673. The highest BCUT2D eigenvalue weighted by molar-refractivity contribution is 6.31. The second-order valence-electron chi connectivity index (χ2n) is 6.52. The van der Waals surface area contributed by atoms with Crippen molar-refractivity contribution in [1.29, 1.82) is 0 Å². The van der Waals surface area contributed by atoms with Crippen LogP contribution in [0.15, 0.2) is 47.1 Å². The minimum atomic E-state index is -0.635. The number of benzene rings is 1. The highest BCUT2D eigenvalue weighted by Gasteiger charge is 2.33. The van der Waals surface area contributed by atoms with Crippen molar-refractivity contribution >= 4 is 29.4 Å². The van der Waals surface area contributed by atoms with Crippen molar-refractivity contribution in [1.82, 2.24) is 15.1 Å². The van der Waals surface area contributed by atoms with Crippen LogP contribution in [0.3, 0.4) is 0 Å². The average molecular weight is 420 g/mol. The van der Waals surface area contributed by atoms with E-state index in [1.54, 1.807) is 29.2 Å². The number of rotatable bonds is 6. The summed E-state index contributed by atoms with van der Waals surface area (Å²) in [4.78, 5) is 40.3. The van der Waals surface area contributed by atoms with Gasteiger partial charge in [0.1, 0.15) is 6.04 Å². The summed E-state index contributed by atoms with van der Waals surface area (Å²) in [5.74, 6) is -0.879. The number of hydrogen-bond acceptors (Lipinski definition) is 6. The number of hydrogen-bond donors (Lipinski definition) is 1. The molecule has 0 bridgehead atoms. The summed E-state index contributed by atoms with van der Waals surface area (Å²) in [5, 5.41) is 3.04. The van der Waals surface area contributed by atoms with E-state index in [9.17, 15) is 14.4 Å². The number of carbonyl (C=O) groups excluding carboxylic acids is 3. The zero-order valence-electron chi connectivity index (χ0n) is 16.0. The zero-order chi connectivity index (χ0) is 20.8. The topological polar surface area (TPSA) is 92.1 Å². The first-order valence-corrected chi connectivity index (χ1v) is 9.55. The molecule has 154 valence electrons. The van der Waals surface area contributed by atoms with Gasteiger partial charge >= 0.3 is 5.97 Å². The SMILES string of the molecule is COC(=O)C(c1ccccc1Cl)N1CCN(C(=O)CNC(=O)c2ccco2)CC1. The van der Waals surface area contributed by atoms with Crippen molar-refractivity contribution in [3.8, 4) is 0 Å². The summed E-state index contributed by atoms with van der Waals surface area (Å²) in [7, 11) is 1.34. The second kappa shape index (κ2) is 9.58. The lowest BCUT2D eigenvalue weighted by molar-refractivity contribution is -0.148. The van der Waals surface area contributed by atoms with Crippen LogP contribution < -0.4 is 5.32 Å². The summed E-state index contributed by atoms with van der Waals surface area (Å²) in [6, 6.07) is 9.64. The molecule has 1 fully saturated rings. The highest BCUT2D eigenvalue weighted by Crippen LogP contribution is 2.29. The Morgan fingerprint density at radius 2 is 1.86 bits per heavy atom. The van der Waals surface area contributed by atoms with Crippen LogP contribution in [0.1, 0.15) is 22.2 Å². The van der Waals surface area contributed by atoms with Crippen LogP contribution in [0.4, 0.5) is 0 Å². The Morgan fingerprint density at radius 1 is 1.14 bits per heavy atom. The Bertz CT molecular complexity index is 863. The van der Waals surface area contributed by atoms with Crippen LogP contribution in [-0.4, -0.2) is 67.4 Å². The molecule has 0 spiro atoms. The van der Waals surface area contributed by atoms with E-state index >= 15 is 0 Å². The fraction of sp³-hybridized carbons (Fsp3) is 0.350. The van der Waals surface area contributed by atoms with Crippen molar-refractivity contribution in [2.45, 2.75) is 6.04 Å². The highest BCUT2D eigenvalue weighted by atomic mass is 35.5. The molecule has 1 aliphatic rings. The molecule has 1 N–H and O–H groups in total. The van der Waals surface area contributed by atoms with Gasteiger partial charge in [-0.05, 0) is 23.8 Å². The molecule has 3 rings (SSSR count). The van der Waals surface area contributed by atoms with E-state index in [0.29, 0.717) is 36.8 Å². The smallest absolute Gasteiger partial charge is 0.327 e. The number of piperazine rings is 1. The quantitative estimate of drug-likeness (QED) is 0.717. The zero-order valence-corrected chi connectivity index (χ0v) is 16.7. The molecule has 1 unspecified atom stereocenters. The number of furan rings is 1. The van der Waals surface area contributed by atoms with Crippen molar-refractivity contribution < 1.29 is 23.5 Å². The molecule has 2 heterocycles. The minimum absolute atomic E-state index is 0.121. The Hall–Kier alpha value is -2.84. The number of esters is 1. The van der Waals surface area contributed by atoms with Gasteiger partial charge in [0.15, 0.2) is 5.76 Å². The van der Waals surface area contributed by atoms with Crippen molar-refractivity contribution in [3.05, 3.63) is 59.0 Å². The lowest BCUT2D eigenvalue weighted by Gasteiger charge is -2.38. The number of halogens is 1. The van der Waals surface area contributed by atoms with Crippen LogP contribution in [-0.2, 0) is 14.3 Å². The van der Waals surface area contributed by atoms with Crippen LogP contribution in [0, 0.1) is 0 Å². The van der Waals surface area contributed by atoms with Crippen LogP contribution in [0.5, 0.6) is 0 Å². The summed E-state index contributed by atoms with van der Waals surface area (Å²) in [6.07, 6.45) is 1.40. The summed E-state index contributed by atoms with van der Waals surface area (Å²) < 4.78 is 9.97. The molecular formula is C20H22ClN3O5. The Labute approximate surface area is 173 Å². The van der Waals surface area contributed by atoms with Gasteiger partial charge in [-0.25, -0.2) is 4.79 Å². The first kappa shape index (κ1) is 20.9. The standard InChI is InChI=1S/C20H22ClN3O5/c1-28-20(27)18(14-5-2-3-6-15(14)21)24-10-8-23(9-11-24)17(25)13-22-19(26)16-7-4-12-29-16/h2-7,12,18H,8-11,13H2,1H3,(H,22,26). The third-order valence-corrected chi connectivity index (χ3v) is 5.15. The van der Waals surface area contributed by atoms with E-state index < -0.39 is 17.9 Å². The molecule has 2 amide bonds. The first-order valence-electron chi connectivity index (χ1n) is 9.17. The predicted molar refractivity (Wildman–Crippen MR) is 105 cm³/mol. The molecule has 8 nitrogen and oxygen atoms in total. The molecule has 1 aromatic carbocycles. The third-order valence-electron chi connectivity index (χ3n) is 4.80. The van der Waals surface area contributed by atoms with E-state index in [4.69, 9.17) is 20.8 Å². The molecule has 0 saturated carbocycles. The number of nitrogens with zero attached hydrogens (tertiary/aromatic N) is 2. The average Bonchev–Trinajstić information content (AvgIpc) is 3.28. The van der Waals surface area contributed by atoms with Crippen molar-refractivity contribution in [2.75, 3.05) is 39.8 Å². The number of nitrogens with one attached hydrogen (secondary N) is 1. The molecule has 0 radical (unpaired) electrons. The maximum Gasteiger partial charge on any atom is 0.327 e. The normalized spacial score (nSPS) is 15.6. The molecule has 9 heteroatoms. The van der Waals surface area contributed by atoms with E-state index in [-0.39, 0.29) is 18.2 Å². The number of methoxy groups -OCH3 is 1. The Balaban J connectivity index is 1.58. The minimum Gasteiger partial charge on any atom is -0.468 e. The van der Waals surface area contributed by atoms with Gasteiger partial charge in [-0.15, -0.1) is 0 Å². The van der Waals surface area contributed by atoms with Gasteiger partial charge in [0.05, 0.1) is 19.9 Å². The molecule has 29 heavy (non-hydrogen) atoms. The molecule has 0 aliphatic carbocycles. The van der Waals surface area contributed by atoms with Gasteiger partial charge in [-0.1, -0.05) is 29.8 Å². The molecule has 1 atom stereocenters. The molecule has 1 aliphatic heterocycles. The van der Waals surface area contributed by atoms with Crippen molar-refractivity contribution in [2.24, 2.45) is 0 Å². The fourth-order valence-electron chi connectivity index (χ4n) is 3.27. The maximum absolute atomic E-state index is 12.4. The second-order valence-corrected chi connectivity index (χ2v) is 6.93. The largest absolute Gasteiger partial charge is 0.468 e. The van der Waals surface area contributed by atoms with E-state index in [0.717, 1.165) is 0 Å². The van der Waals surface area contributed by atoms with Crippen LogP contribution >= 0.6 is 11.6 Å². The van der Waals surface area contributed by atoms with Gasteiger partial charge in [-0.2, -0.15) is 0 Å². The fourth-order valence-corrected chi connectivity index (χ4v) is 3.51. The Kier molecular flexibility index (Phi) is 6.90. The lowest BCUT2D eigenvalue weighted by Crippen LogP contribution is -2.53. The van der Waals surface area contributed by atoms with E-state index in [1.165, 1.54) is 19.4 Å². The molecule has 2 aromatic rings. The first-order chi connectivity index (χ1) is 14.0. The lowest BCUT2D eigenvalue weighted by atomic mass is 10.0. The third kappa shape index (κ3) is 4.96. The van der Waals surface area contributed by atoms with Gasteiger partial charge in [0.25, 0.3) is 5.91 Å². The monoisotopic (exact) mass is 419 g/mol. The number of ether oxygens (including phenoxy) is 1. The van der Waals surface area contributed by atoms with Crippen LogP contribution in [0.25, 0.3) is 0 Å². The molecular weight excluding hydrogens is 398 g/mol. The van der Waals surface area contributed by atoms with E-state index in [1.807, 2.05) is 11.0 Å². The molecule has 1 aromatic heterocycles. The number of carbonyl (C=O) groups is 3. The van der Waals surface area contributed by atoms with Gasteiger partial charge in [-0.3, -0.25) is 14.5 Å². The summed E-state index contributed by atoms with van der Waals surface area (Å²) >= 11 is 6.28. The van der Waals surface area contributed by atoms with E-state index in [2.05, 4.69) is 5.32 Å². The van der Waals surface area contributed by atoms with Crippen LogP contribution in [0.2, 0.25) is 5.02 Å². The maximum atomic E-state index is 12.4. The van der Waals surface area contributed by atoms with Gasteiger partial charge < -0.3 is 19.4 Å². The predicted octanol–water partition coefficient (Wildman–Crippen LogP) is 1.72. The Morgan fingerprint density at radius 3 is 2.48 bits per heavy atom. The number of amides is 2. The van der Waals surface area contributed by atoms with Crippen molar-refractivity contribution in [3.63, 3.8) is 0 Å². The summed E-state index contributed by atoms with van der Waals surface area (Å²) in [6.45, 7) is 1.68. The van der Waals surface area contributed by atoms with Gasteiger partial charge in [0, 0.05) is 31.2 Å². The molecule has 1 saturated heterocycles.